The molecule has 0 fully saturated rings. The second kappa shape index (κ2) is 8.39. The summed E-state index contributed by atoms with van der Waals surface area (Å²) >= 11 is 6.83. The number of aromatic nitrogens is 2. The molecule has 0 aliphatic rings. The van der Waals surface area contributed by atoms with Gasteiger partial charge in [0, 0.05) is 11.9 Å². The Kier molecular flexibility index (Phi) is 6.24. The Hall–Kier alpha value is -2.26. The van der Waals surface area contributed by atoms with Crippen LogP contribution in [0.3, 0.4) is 0 Å². The molecule has 2 aromatic rings. The summed E-state index contributed by atoms with van der Waals surface area (Å²) in [4.78, 5) is 22.0. The first-order valence-corrected chi connectivity index (χ1v) is 7.78. The van der Waals surface area contributed by atoms with Crippen LogP contribution in [-0.4, -0.2) is 27.8 Å². The van der Waals surface area contributed by atoms with Crippen LogP contribution in [-0.2, 0) is 16.2 Å². The highest BCUT2D eigenvalue weighted by atomic mass is 35.5. The molecule has 0 unspecified atom stereocenters. The van der Waals surface area contributed by atoms with E-state index in [0.717, 1.165) is 11.8 Å². The fourth-order valence-electron chi connectivity index (χ4n) is 1.35. The van der Waals surface area contributed by atoms with Crippen molar-refractivity contribution in [1.29, 1.82) is 0 Å². The quantitative estimate of drug-likeness (QED) is 0.597. The number of halogens is 1. The second-order valence-electron chi connectivity index (χ2n) is 4.22. The molecule has 0 saturated heterocycles. The van der Waals surface area contributed by atoms with Gasteiger partial charge in [-0.05, 0) is 24.3 Å². The van der Waals surface area contributed by atoms with Crippen LogP contribution in [0, 0.1) is 0 Å². The molecule has 1 aromatic carbocycles. The van der Waals surface area contributed by atoms with E-state index >= 15 is 0 Å². The second-order valence-corrected chi connectivity index (χ2v) is 5.59. The Morgan fingerprint density at radius 3 is 2.70 bits per heavy atom. The summed E-state index contributed by atoms with van der Waals surface area (Å²) in [5.74, 6) is 0.186. The van der Waals surface area contributed by atoms with Crippen molar-refractivity contribution >= 4 is 35.2 Å². The molecule has 8 nitrogen and oxygen atoms in total. The van der Waals surface area contributed by atoms with E-state index in [0.29, 0.717) is 10.8 Å². The number of hydrogen-bond donors (Lipinski definition) is 2. The van der Waals surface area contributed by atoms with Crippen LogP contribution in [0.5, 0.6) is 5.75 Å². The number of ether oxygens (including phenoxy) is 1. The van der Waals surface area contributed by atoms with E-state index in [4.69, 9.17) is 20.8 Å². The van der Waals surface area contributed by atoms with Crippen molar-refractivity contribution in [3.8, 4) is 5.75 Å². The van der Waals surface area contributed by atoms with E-state index in [1.807, 2.05) is 0 Å². The first kappa shape index (κ1) is 17.1. The zero-order valence-electron chi connectivity index (χ0n) is 12.0. The Morgan fingerprint density at radius 2 is 2.00 bits per heavy atom. The van der Waals surface area contributed by atoms with Crippen LogP contribution in [0.25, 0.3) is 0 Å². The number of rotatable bonds is 6. The van der Waals surface area contributed by atoms with Crippen molar-refractivity contribution in [3.63, 3.8) is 0 Å². The lowest BCUT2D eigenvalue weighted by Crippen LogP contribution is -2.41. The molecule has 1 aromatic heterocycles. The lowest BCUT2D eigenvalue weighted by atomic mass is 10.3. The maximum atomic E-state index is 11.4. The fourth-order valence-corrected chi connectivity index (χ4v) is 2.06. The van der Waals surface area contributed by atoms with Gasteiger partial charge in [-0.1, -0.05) is 23.4 Å². The van der Waals surface area contributed by atoms with Crippen molar-refractivity contribution in [2.45, 2.75) is 18.8 Å². The van der Waals surface area contributed by atoms with E-state index in [9.17, 15) is 9.59 Å². The standard InChI is InChI=1S/C13H13ClN4O4S/c1-8(19)15-16-11(20)7-23-13-18-17-12(22-13)6-21-10-4-2-9(14)3-5-10/h2-5H,6-7H2,1H3,(H,15,19)(H,16,20). The summed E-state index contributed by atoms with van der Waals surface area (Å²) in [5.41, 5.74) is 4.41. The minimum absolute atomic E-state index is 0.0277. The van der Waals surface area contributed by atoms with Crippen LogP contribution in [0.4, 0.5) is 0 Å². The van der Waals surface area contributed by atoms with E-state index in [-0.39, 0.29) is 35.3 Å². The van der Waals surface area contributed by atoms with Crippen LogP contribution < -0.4 is 15.6 Å². The van der Waals surface area contributed by atoms with Crippen LogP contribution >= 0.6 is 23.4 Å². The first-order chi connectivity index (χ1) is 11.0. The number of carbonyl (C=O) groups is 2. The van der Waals surface area contributed by atoms with E-state index in [2.05, 4.69) is 21.0 Å². The summed E-state index contributed by atoms with van der Waals surface area (Å²) in [5, 5.41) is 8.45. The van der Waals surface area contributed by atoms with Gasteiger partial charge in [0.15, 0.2) is 6.61 Å². The topological polar surface area (TPSA) is 106 Å². The van der Waals surface area contributed by atoms with Crippen molar-refractivity contribution in [1.82, 2.24) is 21.0 Å². The Morgan fingerprint density at radius 1 is 1.26 bits per heavy atom. The summed E-state index contributed by atoms with van der Waals surface area (Å²) in [7, 11) is 0. The molecule has 2 N–H and O–H groups in total. The third kappa shape index (κ3) is 6.17. The van der Waals surface area contributed by atoms with Crippen LogP contribution in [0.2, 0.25) is 5.02 Å². The summed E-state index contributed by atoms with van der Waals surface area (Å²) in [6.07, 6.45) is 0. The minimum Gasteiger partial charge on any atom is -0.484 e. The van der Waals surface area contributed by atoms with Gasteiger partial charge in [0.2, 0.25) is 11.8 Å². The summed E-state index contributed by atoms with van der Waals surface area (Å²) in [6.45, 7) is 1.39. The number of thioether (sulfide) groups is 1. The molecule has 10 heteroatoms. The smallest absolute Gasteiger partial charge is 0.277 e. The minimum atomic E-state index is -0.387. The van der Waals surface area contributed by atoms with E-state index in [1.54, 1.807) is 24.3 Å². The Balaban J connectivity index is 1.75. The number of nitrogens with zero attached hydrogens (tertiary/aromatic N) is 2. The van der Waals surface area contributed by atoms with Gasteiger partial charge in [-0.2, -0.15) is 0 Å². The average molecular weight is 357 g/mol. The van der Waals surface area contributed by atoms with Crippen molar-refractivity contribution in [3.05, 3.63) is 35.2 Å². The van der Waals surface area contributed by atoms with Crippen molar-refractivity contribution in [2.75, 3.05) is 5.75 Å². The van der Waals surface area contributed by atoms with Gasteiger partial charge in [-0.3, -0.25) is 20.4 Å². The van der Waals surface area contributed by atoms with Gasteiger partial charge in [-0.25, -0.2) is 0 Å². The molecule has 0 bridgehead atoms. The van der Waals surface area contributed by atoms with Gasteiger partial charge in [0.05, 0.1) is 5.75 Å². The Bertz CT molecular complexity index is 677. The number of benzene rings is 1. The largest absolute Gasteiger partial charge is 0.484 e. The number of hydrogen-bond acceptors (Lipinski definition) is 7. The third-order valence-corrected chi connectivity index (χ3v) is 3.40. The van der Waals surface area contributed by atoms with Crippen molar-refractivity contribution < 1.29 is 18.7 Å². The average Bonchev–Trinajstić information content (AvgIpc) is 2.98. The molecule has 2 rings (SSSR count). The Labute approximate surface area is 140 Å². The number of nitrogens with one attached hydrogen (secondary N) is 2. The highest BCUT2D eigenvalue weighted by Gasteiger charge is 2.10. The number of hydrazine groups is 1. The normalized spacial score (nSPS) is 10.2. The molecule has 122 valence electrons. The van der Waals surface area contributed by atoms with E-state index < -0.39 is 0 Å². The lowest BCUT2D eigenvalue weighted by molar-refractivity contribution is -0.126. The molecule has 2 amide bonds. The summed E-state index contributed by atoms with van der Waals surface area (Å²) < 4.78 is 10.8. The molecular weight excluding hydrogens is 344 g/mol. The predicted octanol–water partition coefficient (Wildman–Crippen LogP) is 1.56. The molecule has 0 radical (unpaired) electrons. The zero-order valence-corrected chi connectivity index (χ0v) is 13.6. The molecule has 1 heterocycles. The molecule has 0 spiro atoms. The molecular formula is C13H13ClN4O4S. The maximum Gasteiger partial charge on any atom is 0.277 e. The number of carbonyl (C=O) groups excluding carboxylic acids is 2. The first-order valence-electron chi connectivity index (χ1n) is 6.42. The maximum absolute atomic E-state index is 11.4. The molecule has 0 saturated carbocycles. The van der Waals surface area contributed by atoms with Crippen molar-refractivity contribution in [2.24, 2.45) is 0 Å². The SMILES string of the molecule is CC(=O)NNC(=O)CSc1nnc(COc2ccc(Cl)cc2)o1. The van der Waals surface area contributed by atoms with E-state index in [1.165, 1.54) is 6.92 Å². The molecule has 23 heavy (non-hydrogen) atoms. The van der Waals surface area contributed by atoms with Crippen LogP contribution in [0.1, 0.15) is 12.8 Å². The predicted molar refractivity (Wildman–Crippen MR) is 82.8 cm³/mol. The highest BCUT2D eigenvalue weighted by molar-refractivity contribution is 7.99. The van der Waals surface area contributed by atoms with Gasteiger partial charge in [0.1, 0.15) is 5.75 Å². The molecule has 0 aliphatic carbocycles. The number of amides is 2. The van der Waals surface area contributed by atoms with Gasteiger partial charge in [0.25, 0.3) is 11.1 Å². The molecule has 0 atom stereocenters. The molecule has 0 aliphatic heterocycles. The highest BCUT2D eigenvalue weighted by Crippen LogP contribution is 2.19. The lowest BCUT2D eigenvalue weighted by Gasteiger charge is -2.03. The van der Waals surface area contributed by atoms with Gasteiger partial charge >= 0.3 is 0 Å². The third-order valence-electron chi connectivity index (χ3n) is 2.33. The monoisotopic (exact) mass is 356 g/mol. The van der Waals surface area contributed by atoms with Gasteiger partial charge in [-0.15, -0.1) is 10.2 Å². The fraction of sp³-hybridized carbons (Fsp3) is 0.231. The van der Waals surface area contributed by atoms with Gasteiger partial charge < -0.3 is 9.15 Å². The van der Waals surface area contributed by atoms with Crippen LogP contribution in [0.15, 0.2) is 33.9 Å². The summed E-state index contributed by atoms with van der Waals surface area (Å²) in [6, 6.07) is 6.86. The zero-order chi connectivity index (χ0) is 16.7.